The molecule has 3 heterocycles. The Labute approximate surface area is 345 Å². The molecule has 0 saturated heterocycles. The quantitative estimate of drug-likeness (QED) is 0.164. The zero-order chi connectivity index (χ0) is 38.7. The van der Waals surface area contributed by atoms with Gasteiger partial charge >= 0.3 is 0 Å². The monoisotopic (exact) mass is 770 g/mol. The summed E-state index contributed by atoms with van der Waals surface area (Å²) in [5.74, 6) is 2.50. The zero-order valence-electron chi connectivity index (χ0n) is 31.8. The highest BCUT2D eigenvalue weighted by atomic mass is 32.2. The molecule has 1 aliphatic heterocycles. The van der Waals surface area contributed by atoms with Crippen molar-refractivity contribution in [1.82, 2.24) is 19.5 Å². The van der Waals surface area contributed by atoms with E-state index in [-0.39, 0.29) is 4.75 Å². The molecule has 1 fully saturated rings. The van der Waals surface area contributed by atoms with Gasteiger partial charge in [0.15, 0.2) is 17.5 Å². The minimum Gasteiger partial charge on any atom is -0.330 e. The molecular weight excluding hydrogens is 737 g/mol. The summed E-state index contributed by atoms with van der Waals surface area (Å²) in [6.45, 7) is 0. The first-order valence-corrected chi connectivity index (χ1v) is 21.1. The van der Waals surface area contributed by atoms with Gasteiger partial charge < -0.3 is 4.57 Å². The van der Waals surface area contributed by atoms with Gasteiger partial charge in [-0.2, -0.15) is 0 Å². The summed E-state index contributed by atoms with van der Waals surface area (Å²) in [7, 11) is 0. The van der Waals surface area contributed by atoms with Crippen LogP contribution in [0.5, 0.6) is 0 Å². The van der Waals surface area contributed by atoms with Crippen LogP contribution in [0.1, 0.15) is 6.04 Å². The van der Waals surface area contributed by atoms with E-state index in [4.69, 9.17) is 15.0 Å². The number of rotatable bonds is 5. The highest BCUT2D eigenvalue weighted by Gasteiger charge is 2.69. The molecule has 3 unspecified atom stereocenters. The number of hydrogen-bond donors (Lipinski definition) is 0. The van der Waals surface area contributed by atoms with E-state index >= 15 is 0 Å². The SMILES string of the molecule is C1=CC2C3n4c(c(-c5ccc(-c6nc(-c7ccccc7)nc(-c7ccccc7)n6)cc5)c5cc(-c6ccc7c8ccccc8c8ccccc8c7c6)ccc54)SC23C=C1. The van der Waals surface area contributed by atoms with Gasteiger partial charge in [-0.25, -0.2) is 15.0 Å². The van der Waals surface area contributed by atoms with Crippen LogP contribution in [0.2, 0.25) is 0 Å². The topological polar surface area (TPSA) is 43.6 Å². The van der Waals surface area contributed by atoms with E-state index in [2.05, 4.69) is 162 Å². The number of fused-ring (bicyclic) bond motifs is 11. The van der Waals surface area contributed by atoms with Crippen LogP contribution in [-0.2, 0) is 0 Å². The Morgan fingerprint density at radius 2 is 0.898 bits per heavy atom. The van der Waals surface area contributed by atoms with Crippen molar-refractivity contribution < 1.29 is 0 Å². The third kappa shape index (κ3) is 4.89. The van der Waals surface area contributed by atoms with Gasteiger partial charge in [-0.1, -0.05) is 188 Å². The molecule has 0 amide bonds. The van der Waals surface area contributed by atoms with E-state index in [1.807, 2.05) is 48.2 Å². The van der Waals surface area contributed by atoms with Crippen LogP contribution >= 0.6 is 11.8 Å². The molecule has 1 spiro atoms. The van der Waals surface area contributed by atoms with E-state index in [9.17, 15) is 0 Å². The van der Waals surface area contributed by atoms with Crippen LogP contribution in [0.25, 0.3) is 99.6 Å². The Bertz CT molecular complexity index is 3330. The van der Waals surface area contributed by atoms with Crippen LogP contribution < -0.4 is 0 Å². The van der Waals surface area contributed by atoms with Crippen molar-refractivity contribution in [1.29, 1.82) is 0 Å². The third-order valence-electron chi connectivity index (χ3n) is 12.7. The maximum Gasteiger partial charge on any atom is 0.164 e. The number of aromatic nitrogens is 4. The number of thioether (sulfide) groups is 1. The van der Waals surface area contributed by atoms with Gasteiger partial charge in [0.25, 0.3) is 0 Å². The molecule has 3 atom stereocenters. The second kappa shape index (κ2) is 12.5. The van der Waals surface area contributed by atoms with E-state index in [0.29, 0.717) is 29.4 Å². The van der Waals surface area contributed by atoms with Crippen molar-refractivity contribution in [2.45, 2.75) is 15.8 Å². The van der Waals surface area contributed by atoms with Crippen molar-refractivity contribution in [3.05, 3.63) is 194 Å². The Kier molecular flexibility index (Phi) is 6.96. The van der Waals surface area contributed by atoms with Crippen molar-refractivity contribution in [2.24, 2.45) is 5.92 Å². The summed E-state index contributed by atoms with van der Waals surface area (Å²) in [6.07, 6.45) is 9.30. The van der Waals surface area contributed by atoms with Gasteiger partial charge in [0.1, 0.15) is 0 Å². The van der Waals surface area contributed by atoms with Crippen molar-refractivity contribution >= 4 is 55.0 Å². The van der Waals surface area contributed by atoms with Crippen LogP contribution in [0.15, 0.2) is 199 Å². The maximum atomic E-state index is 5.02. The molecule has 0 N–H and O–H groups in total. The fraction of sp³-hybridized carbons (Fsp3) is 0.0556. The predicted molar refractivity (Wildman–Crippen MR) is 244 cm³/mol. The van der Waals surface area contributed by atoms with Crippen molar-refractivity contribution in [2.75, 3.05) is 0 Å². The van der Waals surface area contributed by atoms with Crippen LogP contribution in [0, 0.1) is 5.92 Å². The summed E-state index contributed by atoms with van der Waals surface area (Å²) in [5, 5.41) is 10.4. The van der Waals surface area contributed by atoms with Gasteiger partial charge in [-0.15, -0.1) is 0 Å². The Hall–Kier alpha value is -7.08. The molecule has 4 nitrogen and oxygen atoms in total. The Morgan fingerprint density at radius 1 is 0.424 bits per heavy atom. The third-order valence-corrected chi connectivity index (χ3v) is 14.3. The zero-order valence-corrected chi connectivity index (χ0v) is 32.6. The molecular formula is C54H34N4S. The lowest BCUT2D eigenvalue weighted by molar-refractivity contribution is 0.691. The number of hydrogen-bond acceptors (Lipinski definition) is 4. The molecule has 276 valence electrons. The molecule has 5 heteroatoms. The lowest BCUT2D eigenvalue weighted by Crippen LogP contribution is -2.02. The smallest absolute Gasteiger partial charge is 0.164 e. The summed E-state index contributed by atoms with van der Waals surface area (Å²) in [4.78, 5) is 14.9. The molecule has 1 saturated carbocycles. The first-order chi connectivity index (χ1) is 29.2. The van der Waals surface area contributed by atoms with E-state index in [0.717, 1.165) is 16.7 Å². The van der Waals surface area contributed by atoms with Crippen LogP contribution in [-0.4, -0.2) is 24.3 Å². The van der Waals surface area contributed by atoms with E-state index in [1.54, 1.807) is 0 Å². The Morgan fingerprint density at radius 3 is 1.51 bits per heavy atom. The number of nitrogens with zero attached hydrogens (tertiary/aromatic N) is 4. The summed E-state index contributed by atoms with van der Waals surface area (Å²) < 4.78 is 2.74. The van der Waals surface area contributed by atoms with Gasteiger partial charge in [-0.05, 0) is 67.2 Å². The minimum atomic E-state index is 0.0976. The minimum absolute atomic E-state index is 0.0976. The molecule has 0 radical (unpaired) electrons. The van der Waals surface area contributed by atoms with Gasteiger partial charge in [-0.3, -0.25) is 0 Å². The molecule has 8 aromatic carbocycles. The van der Waals surface area contributed by atoms with Gasteiger partial charge in [0.05, 0.1) is 15.8 Å². The number of benzene rings is 8. The van der Waals surface area contributed by atoms with Crippen LogP contribution in [0.4, 0.5) is 0 Å². The summed E-state index contributed by atoms with van der Waals surface area (Å²) in [6, 6.07) is 61.4. The van der Waals surface area contributed by atoms with E-state index in [1.165, 1.54) is 70.5 Å². The molecule has 10 aromatic rings. The molecule has 59 heavy (non-hydrogen) atoms. The highest BCUT2D eigenvalue weighted by molar-refractivity contribution is 8.01. The fourth-order valence-electron chi connectivity index (χ4n) is 9.88. The summed E-state index contributed by atoms with van der Waals surface area (Å²) in [5.41, 5.74) is 9.11. The Balaban J connectivity index is 0.965. The first-order valence-electron chi connectivity index (χ1n) is 20.3. The van der Waals surface area contributed by atoms with Crippen molar-refractivity contribution in [3.63, 3.8) is 0 Å². The fourth-order valence-corrected chi connectivity index (χ4v) is 11.6. The van der Waals surface area contributed by atoms with Gasteiger partial charge in [0.2, 0.25) is 0 Å². The predicted octanol–water partition coefficient (Wildman–Crippen LogP) is 13.8. The van der Waals surface area contributed by atoms with Crippen LogP contribution in [0.3, 0.4) is 0 Å². The second-order valence-electron chi connectivity index (χ2n) is 15.9. The first kappa shape index (κ1) is 32.9. The lowest BCUT2D eigenvalue weighted by atomic mass is 9.91. The highest BCUT2D eigenvalue weighted by Crippen LogP contribution is 2.74. The second-order valence-corrected chi connectivity index (χ2v) is 17.2. The molecule has 2 aliphatic carbocycles. The maximum absolute atomic E-state index is 5.02. The van der Waals surface area contributed by atoms with E-state index < -0.39 is 0 Å². The average molecular weight is 771 g/mol. The average Bonchev–Trinajstić information content (AvgIpc) is 3.68. The number of allylic oxidation sites excluding steroid dienone is 3. The molecule has 2 aromatic heterocycles. The molecule has 3 aliphatic rings. The van der Waals surface area contributed by atoms with Crippen molar-refractivity contribution in [3.8, 4) is 56.4 Å². The van der Waals surface area contributed by atoms with Gasteiger partial charge in [0, 0.05) is 39.1 Å². The summed E-state index contributed by atoms with van der Waals surface area (Å²) >= 11 is 2.04. The normalized spacial score (nSPS) is 18.7. The molecule has 13 rings (SSSR count). The standard InChI is InChI=1S/C54H34N4S/c1-3-13-34(14-4-1)50-55-51(35-15-5-2-6-16-35)57-52(56-50)36-24-22-33(23-25-36)48-45-32-38(27-29-47(45)58-49-46-21-11-12-30-54(46,49)59-53(48)58)37-26-28-43-41-19-8-7-17-39(41)40-18-9-10-20-42(40)44(43)31-37/h1-32,46,49H. The molecule has 0 bridgehead atoms. The largest absolute Gasteiger partial charge is 0.330 e. The lowest BCUT2D eigenvalue weighted by Gasteiger charge is -2.13.